The summed E-state index contributed by atoms with van der Waals surface area (Å²) in [7, 11) is 2.16. The highest BCUT2D eigenvalue weighted by Crippen LogP contribution is 2.28. The predicted octanol–water partition coefficient (Wildman–Crippen LogP) is 2.13. The van der Waals surface area contributed by atoms with Gasteiger partial charge < -0.3 is 14.5 Å². The minimum atomic E-state index is 0.395. The number of rotatable bonds is 3. The Hall–Kier alpha value is -2.71. The van der Waals surface area contributed by atoms with E-state index in [0.29, 0.717) is 25.0 Å². The highest BCUT2D eigenvalue weighted by atomic mass is 16.5. The Labute approximate surface area is 170 Å². The molecule has 0 aromatic carbocycles. The molecule has 150 valence electrons. The molecule has 0 atom stereocenters. The quantitative estimate of drug-likeness (QED) is 0.672. The first-order chi connectivity index (χ1) is 14.3. The Morgan fingerprint density at radius 1 is 0.931 bits per heavy atom. The van der Waals surface area contributed by atoms with Crippen molar-refractivity contribution in [2.24, 2.45) is 0 Å². The predicted molar refractivity (Wildman–Crippen MR) is 111 cm³/mol. The van der Waals surface area contributed by atoms with Crippen LogP contribution in [-0.4, -0.2) is 76.3 Å². The second-order valence-corrected chi connectivity index (χ2v) is 7.72. The summed E-state index contributed by atoms with van der Waals surface area (Å²) in [6, 6.07) is 5.79. The van der Waals surface area contributed by atoms with E-state index in [1.54, 1.807) is 6.20 Å². The Morgan fingerprint density at radius 2 is 1.76 bits per heavy atom. The average Bonchev–Trinajstić information content (AvgIpc) is 2.79. The van der Waals surface area contributed by atoms with E-state index in [-0.39, 0.29) is 0 Å². The third-order valence-corrected chi connectivity index (χ3v) is 5.73. The lowest BCUT2D eigenvalue weighted by Crippen LogP contribution is -2.37. The zero-order chi connectivity index (χ0) is 19.6. The Morgan fingerprint density at radius 3 is 2.59 bits per heavy atom. The van der Waals surface area contributed by atoms with Crippen molar-refractivity contribution in [2.45, 2.75) is 18.8 Å². The van der Waals surface area contributed by atoms with Gasteiger partial charge in [0.2, 0.25) is 0 Å². The first kappa shape index (κ1) is 18.3. The summed E-state index contributed by atoms with van der Waals surface area (Å²) in [5, 5.41) is 0. The number of fused-ring (bicyclic) bond motifs is 1. The molecule has 5 rings (SSSR count). The van der Waals surface area contributed by atoms with Crippen LogP contribution in [0.25, 0.3) is 22.6 Å². The fourth-order valence-corrected chi connectivity index (χ4v) is 4.02. The molecular weight excluding hydrogens is 366 g/mol. The molecule has 3 aromatic heterocycles. The maximum Gasteiger partial charge on any atom is 0.181 e. The zero-order valence-electron chi connectivity index (χ0n) is 16.7. The molecule has 2 aliphatic rings. The number of hydrogen-bond donors (Lipinski definition) is 0. The molecule has 29 heavy (non-hydrogen) atoms. The summed E-state index contributed by atoms with van der Waals surface area (Å²) in [6.07, 6.45) is 5.79. The van der Waals surface area contributed by atoms with Crippen molar-refractivity contribution in [3.05, 3.63) is 36.4 Å². The van der Waals surface area contributed by atoms with Crippen LogP contribution in [0.1, 0.15) is 24.6 Å². The van der Waals surface area contributed by atoms with Crippen LogP contribution in [-0.2, 0) is 4.74 Å². The van der Waals surface area contributed by atoms with Crippen molar-refractivity contribution in [1.29, 1.82) is 0 Å². The zero-order valence-corrected chi connectivity index (χ0v) is 16.7. The maximum atomic E-state index is 5.51. The van der Waals surface area contributed by atoms with Gasteiger partial charge in [-0.25, -0.2) is 19.9 Å². The molecule has 8 nitrogen and oxygen atoms in total. The van der Waals surface area contributed by atoms with Gasteiger partial charge >= 0.3 is 0 Å². The SMILES string of the molecule is CN1CCC(c2nccc(-c3nc(N4CCOCC4)c4ncccc4n3)n2)CC1. The normalized spacial score (nSPS) is 19.0. The molecule has 3 aromatic rings. The monoisotopic (exact) mass is 391 g/mol. The van der Waals surface area contributed by atoms with Gasteiger partial charge in [0.05, 0.1) is 18.7 Å². The lowest BCUT2D eigenvalue weighted by Gasteiger charge is -2.28. The van der Waals surface area contributed by atoms with Crippen molar-refractivity contribution in [2.75, 3.05) is 51.3 Å². The summed E-state index contributed by atoms with van der Waals surface area (Å²) >= 11 is 0. The molecule has 0 unspecified atom stereocenters. The molecule has 0 radical (unpaired) electrons. The van der Waals surface area contributed by atoms with Gasteiger partial charge in [-0.2, -0.15) is 0 Å². The molecule has 0 spiro atoms. The van der Waals surface area contributed by atoms with Gasteiger partial charge in [-0.05, 0) is 51.2 Å². The first-order valence-corrected chi connectivity index (χ1v) is 10.3. The van der Waals surface area contributed by atoms with Crippen LogP contribution in [0.3, 0.4) is 0 Å². The fourth-order valence-electron chi connectivity index (χ4n) is 4.02. The van der Waals surface area contributed by atoms with Crippen LogP contribution >= 0.6 is 0 Å². The molecule has 2 saturated heterocycles. The molecular formula is C21H25N7O. The minimum Gasteiger partial charge on any atom is -0.378 e. The number of nitrogens with zero attached hydrogens (tertiary/aromatic N) is 7. The number of aromatic nitrogens is 5. The number of ether oxygens (including phenoxy) is 1. The molecule has 0 bridgehead atoms. The lowest BCUT2D eigenvalue weighted by atomic mass is 9.96. The summed E-state index contributed by atoms with van der Waals surface area (Å²) in [5.41, 5.74) is 2.43. The molecule has 2 aliphatic heterocycles. The number of anilines is 1. The van der Waals surface area contributed by atoms with E-state index in [0.717, 1.165) is 67.4 Å². The Bertz CT molecular complexity index is 997. The van der Waals surface area contributed by atoms with Crippen molar-refractivity contribution in [3.8, 4) is 11.5 Å². The molecule has 0 aliphatic carbocycles. The second kappa shape index (κ2) is 7.96. The van der Waals surface area contributed by atoms with Crippen molar-refractivity contribution in [1.82, 2.24) is 29.8 Å². The smallest absolute Gasteiger partial charge is 0.181 e. The number of pyridine rings is 1. The van der Waals surface area contributed by atoms with Gasteiger partial charge in [-0.15, -0.1) is 0 Å². The van der Waals surface area contributed by atoms with Crippen molar-refractivity contribution < 1.29 is 4.74 Å². The number of hydrogen-bond acceptors (Lipinski definition) is 8. The van der Waals surface area contributed by atoms with Gasteiger partial charge in [0.1, 0.15) is 17.0 Å². The third kappa shape index (κ3) is 3.77. The Kier molecular flexibility index (Phi) is 5.03. The van der Waals surface area contributed by atoms with Crippen LogP contribution in [0.15, 0.2) is 30.6 Å². The molecule has 2 fully saturated rings. The largest absolute Gasteiger partial charge is 0.378 e. The van der Waals surface area contributed by atoms with Gasteiger partial charge in [0.15, 0.2) is 11.6 Å². The molecule has 5 heterocycles. The number of morpholine rings is 1. The molecule has 8 heteroatoms. The van der Waals surface area contributed by atoms with Gasteiger partial charge in [-0.3, -0.25) is 4.98 Å². The molecule has 0 saturated carbocycles. The van der Waals surface area contributed by atoms with Crippen molar-refractivity contribution >= 4 is 16.9 Å². The van der Waals surface area contributed by atoms with Gasteiger partial charge in [0, 0.05) is 31.4 Å². The standard InChI is InChI=1S/C21H25N7O/c1-27-9-5-15(6-10-27)19-23-8-4-17(25-19)20-24-16-3-2-7-22-18(16)21(26-20)28-11-13-29-14-12-28/h2-4,7-8,15H,5-6,9-14H2,1H3. The summed E-state index contributed by atoms with van der Waals surface area (Å²) in [6.45, 7) is 5.15. The van der Waals surface area contributed by atoms with Crippen LogP contribution in [0.4, 0.5) is 5.82 Å². The average molecular weight is 391 g/mol. The number of piperidine rings is 1. The van der Waals surface area contributed by atoms with E-state index in [1.807, 2.05) is 24.4 Å². The lowest BCUT2D eigenvalue weighted by molar-refractivity contribution is 0.122. The topological polar surface area (TPSA) is 80.2 Å². The van der Waals surface area contributed by atoms with Gasteiger partial charge in [-0.1, -0.05) is 0 Å². The summed E-state index contributed by atoms with van der Waals surface area (Å²) in [4.78, 5) is 28.2. The molecule has 0 amide bonds. The Balaban J connectivity index is 1.54. The van der Waals surface area contributed by atoms with Gasteiger partial charge in [0.25, 0.3) is 0 Å². The van der Waals surface area contributed by atoms with Crippen LogP contribution in [0, 0.1) is 0 Å². The summed E-state index contributed by atoms with van der Waals surface area (Å²) in [5.74, 6) is 2.78. The highest BCUT2D eigenvalue weighted by Gasteiger charge is 2.23. The van der Waals surface area contributed by atoms with E-state index >= 15 is 0 Å². The van der Waals surface area contributed by atoms with E-state index in [4.69, 9.17) is 19.7 Å². The van der Waals surface area contributed by atoms with E-state index in [9.17, 15) is 0 Å². The third-order valence-electron chi connectivity index (χ3n) is 5.73. The highest BCUT2D eigenvalue weighted by molar-refractivity contribution is 5.87. The maximum absolute atomic E-state index is 5.51. The number of likely N-dealkylation sites (tertiary alicyclic amines) is 1. The fraction of sp³-hybridized carbons (Fsp3) is 0.476. The first-order valence-electron chi connectivity index (χ1n) is 10.3. The second-order valence-electron chi connectivity index (χ2n) is 7.72. The summed E-state index contributed by atoms with van der Waals surface area (Å²) < 4.78 is 5.51. The van der Waals surface area contributed by atoms with E-state index < -0.39 is 0 Å². The van der Waals surface area contributed by atoms with Crippen LogP contribution < -0.4 is 4.90 Å². The van der Waals surface area contributed by atoms with E-state index in [2.05, 4.69) is 26.8 Å². The van der Waals surface area contributed by atoms with Crippen LogP contribution in [0.2, 0.25) is 0 Å². The van der Waals surface area contributed by atoms with Crippen LogP contribution in [0.5, 0.6) is 0 Å². The minimum absolute atomic E-state index is 0.395. The van der Waals surface area contributed by atoms with Crippen molar-refractivity contribution in [3.63, 3.8) is 0 Å². The molecule has 0 N–H and O–H groups in total. The van der Waals surface area contributed by atoms with E-state index in [1.165, 1.54) is 0 Å².